The Balaban J connectivity index is 1.99. The lowest BCUT2D eigenvalue weighted by atomic mass is 10.00. The van der Waals surface area contributed by atoms with Gasteiger partial charge in [0.1, 0.15) is 5.82 Å². The number of amides is 1. The highest BCUT2D eigenvalue weighted by molar-refractivity contribution is 5.94. The summed E-state index contributed by atoms with van der Waals surface area (Å²) in [5.74, 6) is 0.957. The zero-order chi connectivity index (χ0) is 15.4. The molecular weight excluding hydrogens is 268 g/mol. The van der Waals surface area contributed by atoms with Gasteiger partial charge in [-0.15, -0.1) is 0 Å². The Morgan fingerprint density at radius 2 is 2.10 bits per heavy atom. The Hall–Kier alpha value is -1.40. The first kappa shape index (κ1) is 16.0. The number of anilines is 1. The number of ether oxygens (including phenoxy) is 1. The minimum absolute atomic E-state index is 0.000471. The van der Waals surface area contributed by atoms with Crippen LogP contribution in [0.25, 0.3) is 0 Å². The van der Waals surface area contributed by atoms with Crippen molar-refractivity contribution in [2.24, 2.45) is 13.0 Å². The van der Waals surface area contributed by atoms with E-state index in [2.05, 4.69) is 29.6 Å². The van der Waals surface area contributed by atoms with Crippen molar-refractivity contribution in [1.29, 1.82) is 0 Å². The van der Waals surface area contributed by atoms with Crippen LogP contribution < -0.4 is 10.6 Å². The first-order valence-corrected chi connectivity index (χ1v) is 7.62. The van der Waals surface area contributed by atoms with E-state index in [9.17, 15) is 4.79 Å². The van der Waals surface area contributed by atoms with Gasteiger partial charge in [0.05, 0.1) is 11.7 Å². The predicted octanol–water partition coefficient (Wildman–Crippen LogP) is 1.46. The molecule has 0 aromatic carbocycles. The van der Waals surface area contributed by atoms with E-state index in [4.69, 9.17) is 4.74 Å². The van der Waals surface area contributed by atoms with Crippen LogP contribution >= 0.6 is 0 Å². The van der Waals surface area contributed by atoms with Crippen molar-refractivity contribution in [3.8, 4) is 0 Å². The highest BCUT2D eigenvalue weighted by Crippen LogP contribution is 2.14. The zero-order valence-corrected chi connectivity index (χ0v) is 13.3. The van der Waals surface area contributed by atoms with Gasteiger partial charge in [-0.3, -0.25) is 9.48 Å². The molecule has 2 heterocycles. The molecular formula is C15H26N4O2. The molecule has 0 bridgehead atoms. The molecule has 0 radical (unpaired) electrons. The third-order valence-electron chi connectivity index (χ3n) is 3.84. The summed E-state index contributed by atoms with van der Waals surface area (Å²) in [6.07, 6.45) is 1.92. The largest absolute Gasteiger partial charge is 0.381 e. The van der Waals surface area contributed by atoms with E-state index in [0.29, 0.717) is 6.04 Å². The second-order valence-corrected chi connectivity index (χ2v) is 6.06. The molecule has 1 aliphatic rings. The summed E-state index contributed by atoms with van der Waals surface area (Å²) in [4.78, 5) is 12.5. The molecule has 1 atom stereocenters. The highest BCUT2D eigenvalue weighted by Gasteiger charge is 2.26. The van der Waals surface area contributed by atoms with Crippen molar-refractivity contribution in [3.05, 3.63) is 11.8 Å². The average Bonchev–Trinajstić information content (AvgIpc) is 2.75. The van der Waals surface area contributed by atoms with Crippen LogP contribution in [0.2, 0.25) is 0 Å². The molecule has 1 aliphatic heterocycles. The Kier molecular flexibility index (Phi) is 5.36. The Bertz CT molecular complexity index is 478. The molecule has 0 unspecified atom stereocenters. The lowest BCUT2D eigenvalue weighted by Gasteiger charge is -2.30. The summed E-state index contributed by atoms with van der Waals surface area (Å²) in [6, 6.07) is 2.03. The van der Waals surface area contributed by atoms with Gasteiger partial charge < -0.3 is 15.4 Å². The third kappa shape index (κ3) is 4.28. The number of hydrogen-bond acceptors (Lipinski definition) is 4. The van der Waals surface area contributed by atoms with Gasteiger partial charge in [-0.25, -0.2) is 0 Å². The first-order valence-electron chi connectivity index (χ1n) is 7.62. The van der Waals surface area contributed by atoms with E-state index in [-0.39, 0.29) is 17.9 Å². The van der Waals surface area contributed by atoms with Gasteiger partial charge in [0.2, 0.25) is 5.91 Å². The normalized spacial score (nSPS) is 18.0. The van der Waals surface area contributed by atoms with Crippen LogP contribution in [0.15, 0.2) is 6.07 Å². The minimum Gasteiger partial charge on any atom is -0.381 e. The molecule has 1 amide bonds. The van der Waals surface area contributed by atoms with Crippen LogP contribution in [0.4, 0.5) is 5.82 Å². The van der Waals surface area contributed by atoms with E-state index in [0.717, 1.165) is 37.6 Å². The monoisotopic (exact) mass is 294 g/mol. The molecule has 6 nitrogen and oxygen atoms in total. The molecule has 6 heteroatoms. The molecule has 21 heavy (non-hydrogen) atoms. The van der Waals surface area contributed by atoms with Crippen molar-refractivity contribution in [3.63, 3.8) is 0 Å². The van der Waals surface area contributed by atoms with Crippen LogP contribution in [0.3, 0.4) is 0 Å². The maximum atomic E-state index is 12.5. The Morgan fingerprint density at radius 1 is 1.43 bits per heavy atom. The minimum atomic E-state index is -0.205. The predicted molar refractivity (Wildman–Crippen MR) is 82.2 cm³/mol. The molecule has 2 N–H and O–H groups in total. The number of carbonyl (C=O) groups is 1. The Labute approximate surface area is 126 Å². The Morgan fingerprint density at radius 3 is 2.62 bits per heavy atom. The number of aryl methyl sites for hydroxylation is 2. The fourth-order valence-electron chi connectivity index (χ4n) is 2.62. The number of rotatable bonds is 5. The maximum Gasteiger partial charge on any atom is 0.242 e. The fraction of sp³-hybridized carbons (Fsp3) is 0.733. The molecule has 1 aromatic rings. The SMILES string of the molecule is Cc1cc(NC(=O)[C@H](NC2CCOCC2)C(C)C)n(C)n1. The van der Waals surface area contributed by atoms with Gasteiger partial charge in [0, 0.05) is 32.4 Å². The maximum absolute atomic E-state index is 12.5. The van der Waals surface area contributed by atoms with Gasteiger partial charge in [-0.1, -0.05) is 13.8 Å². The van der Waals surface area contributed by atoms with Crippen molar-refractivity contribution in [1.82, 2.24) is 15.1 Å². The lowest BCUT2D eigenvalue weighted by Crippen LogP contribution is -2.50. The van der Waals surface area contributed by atoms with Gasteiger partial charge in [0.15, 0.2) is 0 Å². The van der Waals surface area contributed by atoms with E-state index < -0.39 is 0 Å². The topological polar surface area (TPSA) is 68.2 Å². The van der Waals surface area contributed by atoms with E-state index in [1.165, 1.54) is 0 Å². The number of carbonyl (C=O) groups excluding carboxylic acids is 1. The van der Waals surface area contributed by atoms with Crippen molar-refractivity contribution in [2.45, 2.75) is 45.7 Å². The average molecular weight is 294 g/mol. The van der Waals surface area contributed by atoms with Crippen LogP contribution in [-0.2, 0) is 16.6 Å². The van der Waals surface area contributed by atoms with Crippen LogP contribution in [0, 0.1) is 12.8 Å². The standard InChI is InChI=1S/C15H26N4O2/c1-10(2)14(16-12-5-7-21-8-6-12)15(20)17-13-9-11(3)18-19(13)4/h9-10,12,14,16H,5-8H2,1-4H3,(H,17,20)/t14-/m1/s1. The summed E-state index contributed by atoms with van der Waals surface area (Å²) >= 11 is 0. The summed E-state index contributed by atoms with van der Waals surface area (Å²) in [7, 11) is 1.83. The quantitative estimate of drug-likeness (QED) is 0.863. The first-order chi connectivity index (χ1) is 9.97. The molecule has 118 valence electrons. The zero-order valence-electron chi connectivity index (χ0n) is 13.3. The molecule has 0 aliphatic carbocycles. The summed E-state index contributed by atoms with van der Waals surface area (Å²) in [6.45, 7) is 7.57. The second-order valence-electron chi connectivity index (χ2n) is 6.06. The smallest absolute Gasteiger partial charge is 0.242 e. The summed E-state index contributed by atoms with van der Waals surface area (Å²) in [5.41, 5.74) is 0.895. The van der Waals surface area contributed by atoms with Gasteiger partial charge in [-0.05, 0) is 25.7 Å². The number of nitrogens with one attached hydrogen (secondary N) is 2. The van der Waals surface area contributed by atoms with Crippen LogP contribution in [0.5, 0.6) is 0 Å². The van der Waals surface area contributed by atoms with E-state index in [1.807, 2.05) is 20.0 Å². The molecule has 0 spiro atoms. The molecule has 1 saturated heterocycles. The van der Waals surface area contributed by atoms with Crippen molar-refractivity contribution < 1.29 is 9.53 Å². The molecule has 0 saturated carbocycles. The van der Waals surface area contributed by atoms with Crippen molar-refractivity contribution in [2.75, 3.05) is 18.5 Å². The number of nitrogens with zero attached hydrogens (tertiary/aromatic N) is 2. The molecule has 1 fully saturated rings. The number of aromatic nitrogens is 2. The number of hydrogen-bond donors (Lipinski definition) is 2. The third-order valence-corrected chi connectivity index (χ3v) is 3.84. The molecule has 1 aromatic heterocycles. The fourth-order valence-corrected chi connectivity index (χ4v) is 2.62. The highest BCUT2D eigenvalue weighted by atomic mass is 16.5. The lowest BCUT2D eigenvalue weighted by molar-refractivity contribution is -0.119. The van der Waals surface area contributed by atoms with Gasteiger partial charge in [-0.2, -0.15) is 5.10 Å². The second kappa shape index (κ2) is 7.04. The van der Waals surface area contributed by atoms with Crippen LogP contribution in [0.1, 0.15) is 32.4 Å². The van der Waals surface area contributed by atoms with Crippen molar-refractivity contribution >= 4 is 11.7 Å². The summed E-state index contributed by atoms with van der Waals surface area (Å²) in [5, 5.41) is 10.7. The van der Waals surface area contributed by atoms with E-state index >= 15 is 0 Å². The van der Waals surface area contributed by atoms with Gasteiger partial charge >= 0.3 is 0 Å². The molecule has 2 rings (SSSR count). The van der Waals surface area contributed by atoms with Crippen LogP contribution in [-0.4, -0.2) is 41.0 Å². The summed E-state index contributed by atoms with van der Waals surface area (Å²) < 4.78 is 7.06. The van der Waals surface area contributed by atoms with E-state index in [1.54, 1.807) is 4.68 Å². The van der Waals surface area contributed by atoms with Gasteiger partial charge in [0.25, 0.3) is 0 Å².